The number of nitrogens with one attached hydrogen (secondary N) is 5. The van der Waals surface area contributed by atoms with Crippen LogP contribution >= 0.6 is 0 Å². The fraction of sp³-hybridized carbons (Fsp3) is 0.789. The Hall–Kier alpha value is -2.04. The highest BCUT2D eigenvalue weighted by molar-refractivity contribution is 5.91. The second-order valence-electron chi connectivity index (χ2n) is 7.30. The Morgan fingerprint density at radius 2 is 1.62 bits per heavy atom. The van der Waals surface area contributed by atoms with Crippen LogP contribution in [0.1, 0.15) is 32.6 Å². The first kappa shape index (κ1) is 27.0. The molecule has 0 rings (SSSR count). The zero-order valence-electron chi connectivity index (χ0n) is 18.3. The standard InChI is InChI=1S/C19H38N6O4/c1-14(13-26)23-19(29)16(9-7-11-25(4)5)24-17(27)12-22-18(28)15(21-3)8-6-10-20-2/h13-16,20-21H,6-12H2,1-5H3,(H,22,28)(H,23,29)(H,24,27). The van der Waals surface area contributed by atoms with Crippen LogP contribution in [0.25, 0.3) is 0 Å². The highest BCUT2D eigenvalue weighted by Gasteiger charge is 2.23. The number of nitrogens with zero attached hydrogens (tertiary/aromatic N) is 1. The highest BCUT2D eigenvalue weighted by Crippen LogP contribution is 2.00. The van der Waals surface area contributed by atoms with E-state index >= 15 is 0 Å². The van der Waals surface area contributed by atoms with Crippen LogP contribution in [-0.4, -0.2) is 94.9 Å². The average Bonchev–Trinajstić information content (AvgIpc) is 2.68. The van der Waals surface area contributed by atoms with Gasteiger partial charge in [0.15, 0.2) is 0 Å². The van der Waals surface area contributed by atoms with Crippen LogP contribution in [0.3, 0.4) is 0 Å². The number of hydrogen-bond donors (Lipinski definition) is 5. The Morgan fingerprint density at radius 3 is 2.17 bits per heavy atom. The molecule has 3 unspecified atom stereocenters. The number of amides is 3. The lowest BCUT2D eigenvalue weighted by molar-refractivity contribution is -0.131. The average molecular weight is 415 g/mol. The van der Waals surface area contributed by atoms with Crippen molar-refractivity contribution in [1.82, 2.24) is 31.5 Å². The molecule has 29 heavy (non-hydrogen) atoms. The number of carbonyl (C=O) groups is 4. The normalized spacial score (nSPS) is 14.0. The van der Waals surface area contributed by atoms with E-state index in [1.54, 1.807) is 14.0 Å². The van der Waals surface area contributed by atoms with Crippen molar-refractivity contribution in [2.24, 2.45) is 0 Å². The molecule has 0 aliphatic carbocycles. The minimum Gasteiger partial charge on any atom is -0.346 e. The van der Waals surface area contributed by atoms with Gasteiger partial charge in [0.1, 0.15) is 12.3 Å². The van der Waals surface area contributed by atoms with Crippen LogP contribution in [0.2, 0.25) is 0 Å². The molecule has 0 bridgehead atoms. The number of carbonyl (C=O) groups excluding carboxylic acids is 4. The second kappa shape index (κ2) is 15.8. The molecule has 5 N–H and O–H groups in total. The SMILES string of the molecule is CNCCCC(NC)C(=O)NCC(=O)NC(CCCN(C)C)C(=O)NC(C)C=O. The monoisotopic (exact) mass is 414 g/mol. The zero-order chi connectivity index (χ0) is 22.2. The van der Waals surface area contributed by atoms with Crippen LogP contribution in [0.4, 0.5) is 0 Å². The van der Waals surface area contributed by atoms with E-state index in [4.69, 9.17) is 0 Å². The van der Waals surface area contributed by atoms with Gasteiger partial charge in [-0.2, -0.15) is 0 Å². The van der Waals surface area contributed by atoms with Gasteiger partial charge in [0.25, 0.3) is 0 Å². The quantitative estimate of drug-likeness (QED) is 0.149. The van der Waals surface area contributed by atoms with E-state index in [9.17, 15) is 19.2 Å². The molecule has 168 valence electrons. The molecule has 0 saturated carbocycles. The number of aldehydes is 1. The predicted molar refractivity (Wildman–Crippen MR) is 112 cm³/mol. The molecule has 0 aromatic rings. The molecule has 0 fully saturated rings. The van der Waals surface area contributed by atoms with Gasteiger partial charge in [-0.05, 0) is 73.9 Å². The second-order valence-corrected chi connectivity index (χ2v) is 7.30. The highest BCUT2D eigenvalue weighted by atomic mass is 16.2. The zero-order valence-corrected chi connectivity index (χ0v) is 18.3. The largest absolute Gasteiger partial charge is 0.346 e. The van der Waals surface area contributed by atoms with Crippen molar-refractivity contribution in [2.45, 2.75) is 50.7 Å². The fourth-order valence-corrected chi connectivity index (χ4v) is 2.66. The molecule has 10 heteroatoms. The summed E-state index contributed by atoms with van der Waals surface area (Å²) in [6, 6.07) is -1.79. The number of rotatable bonds is 16. The van der Waals surface area contributed by atoms with Gasteiger partial charge in [0.2, 0.25) is 17.7 Å². The number of hydrogen-bond acceptors (Lipinski definition) is 7. The van der Waals surface area contributed by atoms with Gasteiger partial charge in [-0.25, -0.2) is 0 Å². The first-order valence-corrected chi connectivity index (χ1v) is 10.0. The van der Waals surface area contributed by atoms with E-state index in [2.05, 4.69) is 26.6 Å². The first-order chi connectivity index (χ1) is 13.7. The number of likely N-dealkylation sites (N-methyl/N-ethyl adjacent to an activating group) is 1. The molecule has 0 heterocycles. The summed E-state index contributed by atoms with van der Waals surface area (Å²) in [7, 11) is 7.39. The van der Waals surface area contributed by atoms with E-state index in [1.807, 2.05) is 26.0 Å². The summed E-state index contributed by atoms with van der Waals surface area (Å²) in [5.41, 5.74) is 0. The van der Waals surface area contributed by atoms with Gasteiger partial charge in [0.05, 0.1) is 18.6 Å². The van der Waals surface area contributed by atoms with Gasteiger partial charge >= 0.3 is 0 Å². The lowest BCUT2D eigenvalue weighted by atomic mass is 10.1. The maximum absolute atomic E-state index is 12.4. The molecule has 0 aliphatic rings. The molecule has 0 spiro atoms. The van der Waals surface area contributed by atoms with Gasteiger partial charge < -0.3 is 36.3 Å². The van der Waals surface area contributed by atoms with Gasteiger partial charge in [-0.15, -0.1) is 0 Å². The van der Waals surface area contributed by atoms with Gasteiger partial charge in [-0.3, -0.25) is 14.4 Å². The van der Waals surface area contributed by atoms with Crippen molar-refractivity contribution in [2.75, 3.05) is 47.8 Å². The Kier molecular flexibility index (Phi) is 14.7. The third kappa shape index (κ3) is 12.9. The summed E-state index contributed by atoms with van der Waals surface area (Å²) < 4.78 is 0. The molecule has 0 radical (unpaired) electrons. The maximum atomic E-state index is 12.4. The minimum atomic E-state index is -0.766. The molecule has 0 aliphatic heterocycles. The molecular formula is C19H38N6O4. The van der Waals surface area contributed by atoms with Crippen molar-refractivity contribution in [1.29, 1.82) is 0 Å². The van der Waals surface area contributed by atoms with E-state index < -0.39 is 23.9 Å². The molecule has 0 saturated heterocycles. The Balaban J connectivity index is 4.66. The smallest absolute Gasteiger partial charge is 0.243 e. The van der Waals surface area contributed by atoms with Crippen LogP contribution < -0.4 is 26.6 Å². The first-order valence-electron chi connectivity index (χ1n) is 10.0. The van der Waals surface area contributed by atoms with Crippen molar-refractivity contribution in [3.05, 3.63) is 0 Å². The molecule has 10 nitrogen and oxygen atoms in total. The topological polar surface area (TPSA) is 132 Å². The van der Waals surface area contributed by atoms with E-state index in [0.29, 0.717) is 25.5 Å². The van der Waals surface area contributed by atoms with Crippen LogP contribution in [0, 0.1) is 0 Å². The summed E-state index contributed by atoms with van der Waals surface area (Å²) in [6.45, 7) is 2.91. The van der Waals surface area contributed by atoms with Gasteiger partial charge in [0, 0.05) is 0 Å². The molecule has 3 atom stereocenters. The molecule has 0 aromatic heterocycles. The maximum Gasteiger partial charge on any atom is 0.243 e. The van der Waals surface area contributed by atoms with Crippen LogP contribution in [0.15, 0.2) is 0 Å². The Bertz CT molecular complexity index is 515. The van der Waals surface area contributed by atoms with E-state index in [1.165, 1.54) is 0 Å². The lowest BCUT2D eigenvalue weighted by Crippen LogP contribution is -2.52. The van der Waals surface area contributed by atoms with Crippen LogP contribution in [0.5, 0.6) is 0 Å². The summed E-state index contributed by atoms with van der Waals surface area (Å²) >= 11 is 0. The van der Waals surface area contributed by atoms with Gasteiger partial charge in [-0.1, -0.05) is 0 Å². The summed E-state index contributed by atoms with van der Waals surface area (Å²) in [5, 5.41) is 13.8. The third-order valence-electron chi connectivity index (χ3n) is 4.33. The Labute approximate surface area is 173 Å². The summed E-state index contributed by atoms with van der Waals surface area (Å²) in [4.78, 5) is 49.6. The van der Waals surface area contributed by atoms with Crippen molar-refractivity contribution < 1.29 is 19.2 Å². The molecular weight excluding hydrogens is 376 g/mol. The van der Waals surface area contributed by atoms with E-state index in [-0.39, 0.29) is 18.5 Å². The van der Waals surface area contributed by atoms with Crippen molar-refractivity contribution in [3.63, 3.8) is 0 Å². The lowest BCUT2D eigenvalue weighted by Gasteiger charge is -2.21. The molecule has 3 amide bonds. The van der Waals surface area contributed by atoms with Crippen molar-refractivity contribution >= 4 is 24.0 Å². The van der Waals surface area contributed by atoms with Crippen molar-refractivity contribution in [3.8, 4) is 0 Å². The minimum absolute atomic E-state index is 0.219. The molecule has 0 aromatic carbocycles. The predicted octanol–water partition coefficient (Wildman–Crippen LogP) is -1.78. The van der Waals surface area contributed by atoms with E-state index in [0.717, 1.165) is 19.5 Å². The summed E-state index contributed by atoms with van der Waals surface area (Å²) in [5.74, 6) is -1.13. The summed E-state index contributed by atoms with van der Waals surface area (Å²) in [6.07, 6.45) is 3.22. The third-order valence-corrected chi connectivity index (χ3v) is 4.33. The Morgan fingerprint density at radius 1 is 0.966 bits per heavy atom. The van der Waals surface area contributed by atoms with Crippen LogP contribution in [-0.2, 0) is 19.2 Å². The fourth-order valence-electron chi connectivity index (χ4n) is 2.66.